The molecule has 25 heavy (non-hydrogen) atoms. The molecule has 4 nitrogen and oxygen atoms in total. The number of alkyl halides is 1. The van der Waals surface area contributed by atoms with E-state index in [1.165, 1.54) is 0 Å². The van der Waals surface area contributed by atoms with Gasteiger partial charge in [0.1, 0.15) is 5.78 Å². The summed E-state index contributed by atoms with van der Waals surface area (Å²) in [6.45, 7) is 5.89. The quantitative estimate of drug-likeness (QED) is 0.796. The van der Waals surface area contributed by atoms with Crippen molar-refractivity contribution in [3.05, 3.63) is 23.3 Å². The highest BCUT2D eigenvalue weighted by Crippen LogP contribution is 2.42. The number of phenolic OH excluding ortho intramolecular Hbond substituents is 1. The number of benzene rings is 1. The Hall–Kier alpha value is -1.62. The number of hydrogen-bond donors (Lipinski definition) is 1. The molecule has 1 aromatic carbocycles. The van der Waals surface area contributed by atoms with Crippen LogP contribution in [0.2, 0.25) is 0 Å². The molecule has 0 bridgehead atoms. The molecule has 1 aromatic rings. The molecule has 2 unspecified atom stereocenters. The predicted octanol–water partition coefficient (Wildman–Crippen LogP) is 3.66. The molecule has 0 saturated carbocycles. The number of rotatable bonds is 6. The summed E-state index contributed by atoms with van der Waals surface area (Å²) in [7, 11) is 0. The average molecular weight is 349 g/mol. The maximum absolute atomic E-state index is 12.6. The summed E-state index contributed by atoms with van der Waals surface area (Å²) in [5.74, 6) is 1.49. The number of ether oxygens (including phenoxy) is 1. The molecule has 2 atom stereocenters. The minimum atomic E-state index is -0.428. The maximum Gasteiger partial charge on any atom is 0.161 e. The number of nitrogens with zero attached hydrogens (tertiary/aromatic N) is 1. The zero-order chi connectivity index (χ0) is 18.0. The van der Waals surface area contributed by atoms with Gasteiger partial charge in [0.2, 0.25) is 0 Å². The Morgan fingerprint density at radius 3 is 2.92 bits per heavy atom. The number of aromatic hydroxyl groups is 1. The van der Waals surface area contributed by atoms with Gasteiger partial charge < -0.3 is 9.84 Å². The van der Waals surface area contributed by atoms with Gasteiger partial charge in [-0.2, -0.15) is 0 Å². The second kappa shape index (κ2) is 7.73. The summed E-state index contributed by atoms with van der Waals surface area (Å²) < 4.78 is 17.7. The van der Waals surface area contributed by atoms with E-state index < -0.39 is 6.67 Å². The van der Waals surface area contributed by atoms with Crippen molar-refractivity contribution in [2.24, 2.45) is 11.8 Å². The van der Waals surface area contributed by atoms with Crippen LogP contribution in [0.15, 0.2) is 12.1 Å². The summed E-state index contributed by atoms with van der Waals surface area (Å²) in [6.07, 6.45) is 2.67. The SMILES string of the molecule is CC(C)CC1CN2CCc3cc(OCCCF)c(O)cc3C2CC1=O. The fourth-order valence-corrected chi connectivity index (χ4v) is 4.10. The maximum atomic E-state index is 12.6. The lowest BCUT2D eigenvalue weighted by Crippen LogP contribution is -2.46. The van der Waals surface area contributed by atoms with Gasteiger partial charge in [0.15, 0.2) is 11.5 Å². The van der Waals surface area contributed by atoms with Crippen LogP contribution in [0.5, 0.6) is 11.5 Å². The van der Waals surface area contributed by atoms with Crippen LogP contribution < -0.4 is 4.74 Å². The molecule has 1 fully saturated rings. The molecule has 1 N–H and O–H groups in total. The average Bonchev–Trinajstić information content (AvgIpc) is 2.56. The molecule has 2 aliphatic rings. The van der Waals surface area contributed by atoms with Crippen LogP contribution in [0, 0.1) is 11.8 Å². The number of carbonyl (C=O) groups excluding carboxylic acids is 1. The standard InChI is InChI=1S/C20H28FNO3/c1-13(2)8-15-12-22-6-4-14-9-20(25-7-3-5-21)19(24)10-16(14)17(22)11-18(15)23/h9-10,13,15,17,24H,3-8,11-12H2,1-2H3. The predicted molar refractivity (Wildman–Crippen MR) is 94.8 cm³/mol. The second-order valence-corrected chi connectivity index (χ2v) is 7.67. The fourth-order valence-electron chi connectivity index (χ4n) is 4.10. The number of ketones is 1. The Morgan fingerprint density at radius 2 is 2.20 bits per heavy atom. The normalized spacial score (nSPS) is 23.4. The molecule has 3 rings (SSSR count). The molecule has 5 heteroatoms. The van der Waals surface area contributed by atoms with E-state index in [4.69, 9.17) is 4.74 Å². The minimum Gasteiger partial charge on any atom is -0.504 e. The van der Waals surface area contributed by atoms with Crippen molar-refractivity contribution in [3.8, 4) is 11.5 Å². The lowest BCUT2D eigenvalue weighted by Gasteiger charge is -2.43. The van der Waals surface area contributed by atoms with Crippen molar-refractivity contribution in [2.45, 2.75) is 45.6 Å². The van der Waals surface area contributed by atoms with Crippen molar-refractivity contribution in [1.29, 1.82) is 0 Å². The Bertz CT molecular complexity index is 632. The minimum absolute atomic E-state index is 0.0606. The monoisotopic (exact) mass is 349 g/mol. The van der Waals surface area contributed by atoms with Gasteiger partial charge in [-0.15, -0.1) is 0 Å². The van der Waals surface area contributed by atoms with Gasteiger partial charge >= 0.3 is 0 Å². The van der Waals surface area contributed by atoms with Gasteiger partial charge in [-0.1, -0.05) is 13.8 Å². The van der Waals surface area contributed by atoms with E-state index in [0.29, 0.717) is 30.3 Å². The third-order valence-electron chi connectivity index (χ3n) is 5.29. The summed E-state index contributed by atoms with van der Waals surface area (Å²) in [4.78, 5) is 15.0. The molecule has 0 spiro atoms. The number of fused-ring (bicyclic) bond motifs is 3. The molecule has 0 radical (unpaired) electrons. The molecular weight excluding hydrogens is 321 g/mol. The van der Waals surface area contributed by atoms with E-state index in [-0.39, 0.29) is 24.3 Å². The fraction of sp³-hybridized carbons (Fsp3) is 0.650. The van der Waals surface area contributed by atoms with Crippen LogP contribution in [0.3, 0.4) is 0 Å². The van der Waals surface area contributed by atoms with Crippen LogP contribution in [0.1, 0.15) is 50.3 Å². The van der Waals surface area contributed by atoms with Crippen molar-refractivity contribution in [2.75, 3.05) is 26.4 Å². The largest absolute Gasteiger partial charge is 0.504 e. The van der Waals surface area contributed by atoms with Gasteiger partial charge in [-0.25, -0.2) is 0 Å². The van der Waals surface area contributed by atoms with E-state index >= 15 is 0 Å². The van der Waals surface area contributed by atoms with Crippen molar-refractivity contribution in [3.63, 3.8) is 0 Å². The van der Waals surface area contributed by atoms with Crippen LogP contribution >= 0.6 is 0 Å². The van der Waals surface area contributed by atoms with Crippen molar-refractivity contribution >= 4 is 5.78 Å². The molecule has 2 heterocycles. The smallest absolute Gasteiger partial charge is 0.161 e. The van der Waals surface area contributed by atoms with Crippen LogP contribution in [0.25, 0.3) is 0 Å². The number of carbonyl (C=O) groups is 1. The van der Waals surface area contributed by atoms with Crippen LogP contribution in [-0.2, 0) is 11.2 Å². The first-order valence-electron chi connectivity index (χ1n) is 9.31. The highest BCUT2D eigenvalue weighted by atomic mass is 19.1. The first kappa shape index (κ1) is 18.2. The number of piperidine rings is 1. The lowest BCUT2D eigenvalue weighted by molar-refractivity contribution is -0.129. The first-order chi connectivity index (χ1) is 12.0. The number of phenols is 1. The molecule has 0 amide bonds. The van der Waals surface area contributed by atoms with E-state index in [2.05, 4.69) is 18.7 Å². The Balaban J connectivity index is 1.78. The number of halogens is 1. The summed E-state index contributed by atoms with van der Waals surface area (Å²) in [6, 6.07) is 3.67. The number of hydrogen-bond acceptors (Lipinski definition) is 4. The second-order valence-electron chi connectivity index (χ2n) is 7.67. The van der Waals surface area contributed by atoms with E-state index in [1.807, 2.05) is 6.07 Å². The van der Waals surface area contributed by atoms with Crippen molar-refractivity contribution < 1.29 is 19.0 Å². The van der Waals surface area contributed by atoms with Gasteiger partial charge in [0, 0.05) is 37.9 Å². The summed E-state index contributed by atoms with van der Waals surface area (Å²) in [5.41, 5.74) is 2.17. The van der Waals surface area contributed by atoms with Crippen LogP contribution in [0.4, 0.5) is 4.39 Å². The summed E-state index contributed by atoms with van der Waals surface area (Å²) in [5, 5.41) is 10.3. The Labute approximate surface area is 149 Å². The van der Waals surface area contributed by atoms with Gasteiger partial charge in [-0.05, 0) is 42.0 Å². The first-order valence-corrected chi connectivity index (χ1v) is 9.31. The van der Waals surface area contributed by atoms with E-state index in [1.54, 1.807) is 6.07 Å². The van der Waals surface area contributed by atoms with Gasteiger partial charge in [-0.3, -0.25) is 14.1 Å². The Morgan fingerprint density at radius 1 is 1.40 bits per heavy atom. The topological polar surface area (TPSA) is 49.8 Å². The Kier molecular flexibility index (Phi) is 5.62. The molecule has 1 saturated heterocycles. The summed E-state index contributed by atoms with van der Waals surface area (Å²) >= 11 is 0. The van der Waals surface area contributed by atoms with E-state index in [9.17, 15) is 14.3 Å². The lowest BCUT2D eigenvalue weighted by atomic mass is 9.80. The highest BCUT2D eigenvalue weighted by Gasteiger charge is 2.38. The zero-order valence-electron chi connectivity index (χ0n) is 15.1. The molecular formula is C20H28FNO3. The molecule has 0 aliphatic carbocycles. The van der Waals surface area contributed by atoms with Gasteiger partial charge in [0.05, 0.1) is 13.3 Å². The third-order valence-corrected chi connectivity index (χ3v) is 5.29. The molecule has 0 aromatic heterocycles. The van der Waals surface area contributed by atoms with Gasteiger partial charge in [0.25, 0.3) is 0 Å². The third kappa shape index (κ3) is 3.97. The number of Topliss-reactive ketones (excluding diaryl/α,β-unsaturated/α-hetero) is 1. The highest BCUT2D eigenvalue weighted by molar-refractivity contribution is 5.83. The molecule has 2 aliphatic heterocycles. The van der Waals surface area contributed by atoms with E-state index in [0.717, 1.165) is 37.1 Å². The van der Waals surface area contributed by atoms with Crippen molar-refractivity contribution in [1.82, 2.24) is 4.90 Å². The molecule has 138 valence electrons. The zero-order valence-corrected chi connectivity index (χ0v) is 15.1. The van der Waals surface area contributed by atoms with Crippen LogP contribution in [-0.4, -0.2) is 42.2 Å².